The fourth-order valence-electron chi connectivity index (χ4n) is 2.00. The van der Waals surface area contributed by atoms with Gasteiger partial charge in [-0.1, -0.05) is 13.3 Å². The van der Waals surface area contributed by atoms with Crippen LogP contribution in [0.1, 0.15) is 19.8 Å². The third kappa shape index (κ3) is 7.24. The van der Waals surface area contributed by atoms with Crippen molar-refractivity contribution in [2.75, 3.05) is 24.7 Å². The average molecular weight is 395 g/mol. The molecule has 0 saturated heterocycles. The molecule has 0 aliphatic carbocycles. The second-order valence-corrected chi connectivity index (χ2v) is 7.34. The SMILES string of the molecule is CCCC(N)C(=O)NCCNc1ccc(S(C)(=O)=O)cc1[N+](=O)[O-].Cl. The lowest BCUT2D eigenvalue weighted by molar-refractivity contribution is -0.384. The van der Waals surface area contributed by atoms with Gasteiger partial charge in [0, 0.05) is 25.4 Å². The number of benzene rings is 1. The maximum absolute atomic E-state index is 11.6. The zero-order chi connectivity index (χ0) is 18.3. The number of halogens is 1. The number of rotatable bonds is 9. The van der Waals surface area contributed by atoms with Gasteiger partial charge < -0.3 is 16.4 Å². The summed E-state index contributed by atoms with van der Waals surface area (Å²) in [5.74, 6) is -0.277. The van der Waals surface area contributed by atoms with E-state index in [1.165, 1.54) is 12.1 Å². The van der Waals surface area contributed by atoms with Crippen LogP contribution in [0.3, 0.4) is 0 Å². The van der Waals surface area contributed by atoms with Crippen molar-refractivity contribution in [1.82, 2.24) is 5.32 Å². The molecular formula is C14H23ClN4O5S. The Hall–Kier alpha value is -1.91. The fourth-order valence-corrected chi connectivity index (χ4v) is 2.64. The summed E-state index contributed by atoms with van der Waals surface area (Å²) >= 11 is 0. The molecule has 4 N–H and O–H groups in total. The molecule has 1 aromatic rings. The molecule has 0 radical (unpaired) electrons. The third-order valence-electron chi connectivity index (χ3n) is 3.27. The normalized spacial score (nSPS) is 12.0. The summed E-state index contributed by atoms with van der Waals surface area (Å²) in [5, 5.41) is 16.5. The molecule has 0 saturated carbocycles. The number of nitrogens with zero attached hydrogens (tertiary/aromatic N) is 1. The fraction of sp³-hybridized carbons (Fsp3) is 0.500. The first-order valence-electron chi connectivity index (χ1n) is 7.42. The average Bonchev–Trinajstić information content (AvgIpc) is 2.50. The van der Waals surface area contributed by atoms with Crippen molar-refractivity contribution in [3.63, 3.8) is 0 Å². The van der Waals surface area contributed by atoms with Crippen LogP contribution in [0.2, 0.25) is 0 Å². The van der Waals surface area contributed by atoms with E-state index in [0.717, 1.165) is 18.7 Å². The van der Waals surface area contributed by atoms with Crippen molar-refractivity contribution in [3.8, 4) is 0 Å². The number of nitro benzene ring substituents is 1. The number of carbonyl (C=O) groups excluding carboxylic acids is 1. The molecule has 25 heavy (non-hydrogen) atoms. The lowest BCUT2D eigenvalue weighted by Crippen LogP contribution is -2.42. The minimum Gasteiger partial charge on any atom is -0.378 e. The topological polar surface area (TPSA) is 144 Å². The van der Waals surface area contributed by atoms with Crippen LogP contribution in [0.4, 0.5) is 11.4 Å². The molecular weight excluding hydrogens is 372 g/mol. The summed E-state index contributed by atoms with van der Waals surface area (Å²) in [7, 11) is -3.53. The second-order valence-electron chi connectivity index (χ2n) is 5.32. The van der Waals surface area contributed by atoms with E-state index in [0.29, 0.717) is 6.42 Å². The highest BCUT2D eigenvalue weighted by molar-refractivity contribution is 7.90. The van der Waals surface area contributed by atoms with Crippen molar-refractivity contribution in [2.45, 2.75) is 30.7 Å². The summed E-state index contributed by atoms with van der Waals surface area (Å²) in [6.07, 6.45) is 2.36. The number of nitrogens with one attached hydrogen (secondary N) is 2. The monoisotopic (exact) mass is 394 g/mol. The van der Waals surface area contributed by atoms with Gasteiger partial charge in [-0.05, 0) is 18.6 Å². The maximum Gasteiger partial charge on any atom is 0.293 e. The summed E-state index contributed by atoms with van der Waals surface area (Å²) < 4.78 is 22.9. The van der Waals surface area contributed by atoms with Crippen LogP contribution in [-0.2, 0) is 14.6 Å². The number of carbonyl (C=O) groups is 1. The van der Waals surface area contributed by atoms with E-state index in [2.05, 4.69) is 10.6 Å². The van der Waals surface area contributed by atoms with Crippen molar-refractivity contribution >= 4 is 39.5 Å². The van der Waals surface area contributed by atoms with Crippen molar-refractivity contribution < 1.29 is 18.1 Å². The number of anilines is 1. The number of amides is 1. The second kappa shape index (κ2) is 10.2. The molecule has 142 valence electrons. The Kier molecular flexibility index (Phi) is 9.39. The standard InChI is InChI=1S/C14H22N4O5S.ClH/c1-3-4-11(15)14(19)17-8-7-16-12-6-5-10(24(2,22)23)9-13(12)18(20)21;/h5-6,9,11,16H,3-4,7-8,15H2,1-2H3,(H,17,19);1H. The first-order chi connectivity index (χ1) is 11.2. The maximum atomic E-state index is 11.6. The molecule has 1 atom stereocenters. The van der Waals surface area contributed by atoms with Crippen LogP contribution >= 0.6 is 12.4 Å². The van der Waals surface area contributed by atoms with E-state index >= 15 is 0 Å². The van der Waals surface area contributed by atoms with Gasteiger partial charge in [-0.3, -0.25) is 14.9 Å². The predicted molar refractivity (Wildman–Crippen MR) is 97.8 cm³/mol. The molecule has 0 aromatic heterocycles. The molecule has 0 heterocycles. The van der Waals surface area contributed by atoms with Gasteiger partial charge in [-0.2, -0.15) is 0 Å². The van der Waals surface area contributed by atoms with Gasteiger partial charge in [0.15, 0.2) is 9.84 Å². The molecule has 0 spiro atoms. The Labute approximate surface area is 152 Å². The van der Waals surface area contributed by atoms with Crippen LogP contribution in [0.15, 0.2) is 23.1 Å². The van der Waals surface area contributed by atoms with Gasteiger partial charge in [-0.15, -0.1) is 12.4 Å². The number of hydrogen-bond acceptors (Lipinski definition) is 7. The molecule has 9 nitrogen and oxygen atoms in total. The van der Waals surface area contributed by atoms with E-state index in [4.69, 9.17) is 5.73 Å². The number of nitrogens with two attached hydrogens (primary N) is 1. The first-order valence-corrected chi connectivity index (χ1v) is 9.31. The van der Waals surface area contributed by atoms with Gasteiger partial charge in [0.25, 0.3) is 5.69 Å². The zero-order valence-electron chi connectivity index (χ0n) is 14.0. The molecule has 1 unspecified atom stereocenters. The van der Waals surface area contributed by atoms with Gasteiger partial charge in [0.05, 0.1) is 15.9 Å². The highest BCUT2D eigenvalue weighted by atomic mass is 35.5. The van der Waals surface area contributed by atoms with E-state index in [1.807, 2.05) is 6.92 Å². The molecule has 0 aliphatic heterocycles. The number of nitro groups is 1. The van der Waals surface area contributed by atoms with Crippen molar-refractivity contribution in [1.29, 1.82) is 0 Å². The lowest BCUT2D eigenvalue weighted by atomic mass is 10.2. The van der Waals surface area contributed by atoms with Crippen molar-refractivity contribution in [2.24, 2.45) is 5.73 Å². The molecule has 1 amide bonds. The van der Waals surface area contributed by atoms with E-state index < -0.39 is 20.8 Å². The van der Waals surface area contributed by atoms with Crippen LogP contribution < -0.4 is 16.4 Å². The number of sulfone groups is 1. The third-order valence-corrected chi connectivity index (χ3v) is 4.38. The van der Waals surface area contributed by atoms with Gasteiger partial charge in [0.2, 0.25) is 5.91 Å². The Bertz CT molecular complexity index is 711. The smallest absolute Gasteiger partial charge is 0.293 e. The van der Waals surface area contributed by atoms with E-state index in [9.17, 15) is 23.3 Å². The van der Waals surface area contributed by atoms with E-state index in [-0.39, 0.29) is 47.7 Å². The zero-order valence-corrected chi connectivity index (χ0v) is 15.7. The molecule has 0 aliphatic rings. The summed E-state index contributed by atoms with van der Waals surface area (Å²) in [6.45, 7) is 2.40. The molecule has 1 rings (SSSR count). The predicted octanol–water partition coefficient (Wildman–Crippen LogP) is 1.08. The van der Waals surface area contributed by atoms with Crippen LogP contribution in [0.25, 0.3) is 0 Å². The van der Waals surface area contributed by atoms with Crippen molar-refractivity contribution in [3.05, 3.63) is 28.3 Å². The number of hydrogen-bond donors (Lipinski definition) is 3. The van der Waals surface area contributed by atoms with E-state index in [1.54, 1.807) is 0 Å². The Balaban J connectivity index is 0.00000576. The minimum atomic E-state index is -3.53. The molecule has 11 heteroatoms. The largest absolute Gasteiger partial charge is 0.378 e. The summed E-state index contributed by atoms with van der Waals surface area (Å²) in [4.78, 5) is 21.9. The minimum absolute atomic E-state index is 0. The molecule has 0 bridgehead atoms. The first kappa shape index (κ1) is 23.1. The Morgan fingerprint density at radius 1 is 1.36 bits per heavy atom. The summed E-state index contributed by atoms with van der Waals surface area (Å²) in [5.41, 5.74) is 5.50. The van der Waals surface area contributed by atoms with Gasteiger partial charge >= 0.3 is 0 Å². The lowest BCUT2D eigenvalue weighted by Gasteiger charge is -2.12. The van der Waals surface area contributed by atoms with Crippen LogP contribution in [0, 0.1) is 10.1 Å². The van der Waals surface area contributed by atoms with Gasteiger partial charge in [0.1, 0.15) is 5.69 Å². The Morgan fingerprint density at radius 2 is 2.00 bits per heavy atom. The summed E-state index contributed by atoms with van der Waals surface area (Å²) in [6, 6.07) is 3.06. The highest BCUT2D eigenvalue weighted by Gasteiger charge is 2.18. The highest BCUT2D eigenvalue weighted by Crippen LogP contribution is 2.27. The molecule has 1 aromatic carbocycles. The van der Waals surface area contributed by atoms with Gasteiger partial charge in [-0.25, -0.2) is 8.42 Å². The quantitative estimate of drug-likeness (QED) is 0.322. The van der Waals surface area contributed by atoms with Crippen LogP contribution in [0.5, 0.6) is 0 Å². The molecule has 0 fully saturated rings. The van der Waals surface area contributed by atoms with Crippen LogP contribution in [-0.4, -0.2) is 44.6 Å². The Morgan fingerprint density at radius 3 is 2.52 bits per heavy atom.